The number of benzene rings is 1. The fraction of sp³-hybridized carbons (Fsp3) is 0.0625. The highest BCUT2D eigenvalue weighted by Gasteiger charge is 2.17. The number of methoxy groups -OCH3 is 1. The summed E-state index contributed by atoms with van der Waals surface area (Å²) in [5.74, 6) is -1.39. The van der Waals surface area contributed by atoms with Crippen LogP contribution in [0, 0.1) is 5.82 Å². The summed E-state index contributed by atoms with van der Waals surface area (Å²) in [5, 5.41) is 13.5. The Kier molecular flexibility index (Phi) is 4.18. The number of carbonyl (C=O) groups is 1. The first-order valence-corrected chi connectivity index (χ1v) is 7.16. The molecule has 2 heterocycles. The lowest BCUT2D eigenvalue weighted by atomic mass is 10.1. The quantitative estimate of drug-likeness (QED) is 0.782. The van der Waals surface area contributed by atoms with E-state index in [1.54, 1.807) is 12.1 Å². The Morgan fingerprint density at radius 2 is 2.08 bits per heavy atom. The van der Waals surface area contributed by atoms with Crippen molar-refractivity contribution in [2.45, 2.75) is 0 Å². The Labute approximate surface area is 141 Å². The number of pyridine rings is 1. The van der Waals surface area contributed by atoms with E-state index in [4.69, 9.17) is 16.3 Å². The average Bonchev–Trinajstić information content (AvgIpc) is 2.99. The highest BCUT2D eigenvalue weighted by atomic mass is 35.5. The molecule has 0 aliphatic rings. The van der Waals surface area contributed by atoms with Crippen LogP contribution >= 0.6 is 11.6 Å². The van der Waals surface area contributed by atoms with E-state index in [1.807, 2.05) is 0 Å². The molecule has 3 rings (SSSR count). The molecule has 0 atom stereocenters. The molecule has 0 radical (unpaired) electrons. The van der Waals surface area contributed by atoms with Gasteiger partial charge in [-0.15, -0.1) is 0 Å². The third-order valence-corrected chi connectivity index (χ3v) is 3.48. The number of nitrogens with zero attached hydrogens (tertiary/aromatic N) is 3. The monoisotopic (exact) mass is 347 g/mol. The molecule has 0 aliphatic heterocycles. The molecule has 0 saturated heterocycles. The molecule has 0 amide bonds. The molecule has 0 saturated carbocycles. The number of carboxylic acid groups (broad SMARTS) is 1. The predicted molar refractivity (Wildman–Crippen MR) is 85.3 cm³/mol. The zero-order chi connectivity index (χ0) is 17.3. The first-order chi connectivity index (χ1) is 11.5. The summed E-state index contributed by atoms with van der Waals surface area (Å²) in [6.07, 6.45) is 1.50. The third-order valence-electron chi connectivity index (χ3n) is 3.26. The normalized spacial score (nSPS) is 10.6. The Balaban J connectivity index is 2.23. The van der Waals surface area contributed by atoms with E-state index in [1.165, 1.54) is 42.3 Å². The second-order valence-corrected chi connectivity index (χ2v) is 5.28. The molecule has 0 spiro atoms. The molecule has 8 heteroatoms. The van der Waals surface area contributed by atoms with E-state index in [2.05, 4.69) is 10.1 Å². The van der Waals surface area contributed by atoms with Crippen LogP contribution in [0.4, 0.5) is 4.39 Å². The molecule has 24 heavy (non-hydrogen) atoms. The lowest BCUT2D eigenvalue weighted by Crippen LogP contribution is -2.03. The maximum atomic E-state index is 13.7. The summed E-state index contributed by atoms with van der Waals surface area (Å²) in [7, 11) is 1.46. The fourth-order valence-electron chi connectivity index (χ4n) is 2.23. The van der Waals surface area contributed by atoms with Gasteiger partial charge in [-0.3, -0.25) is 0 Å². The molecule has 6 nitrogen and oxygen atoms in total. The van der Waals surface area contributed by atoms with Crippen LogP contribution in [0.5, 0.6) is 5.88 Å². The number of ether oxygens (including phenoxy) is 1. The molecule has 1 N–H and O–H groups in total. The van der Waals surface area contributed by atoms with Crippen LogP contribution in [0.2, 0.25) is 5.02 Å². The molecular weight excluding hydrogens is 337 g/mol. The van der Waals surface area contributed by atoms with Crippen LogP contribution in [-0.2, 0) is 0 Å². The van der Waals surface area contributed by atoms with Crippen molar-refractivity contribution in [2.24, 2.45) is 0 Å². The van der Waals surface area contributed by atoms with Crippen molar-refractivity contribution in [1.29, 1.82) is 0 Å². The van der Waals surface area contributed by atoms with Crippen molar-refractivity contribution >= 4 is 17.6 Å². The summed E-state index contributed by atoms with van der Waals surface area (Å²) in [6, 6.07) is 8.51. The molecular formula is C16H11ClFN3O3. The molecule has 0 fully saturated rings. The number of hydrogen-bond donors (Lipinski definition) is 1. The predicted octanol–water partition coefficient (Wildman–Crippen LogP) is 3.43. The maximum absolute atomic E-state index is 13.7. The van der Waals surface area contributed by atoms with Gasteiger partial charge in [-0.05, 0) is 30.3 Å². The minimum atomic E-state index is -1.20. The molecule has 2 aromatic heterocycles. The lowest BCUT2D eigenvalue weighted by molar-refractivity contribution is 0.0690. The number of aromatic nitrogens is 3. The standard InChI is InChI=1S/C16H11ClFN3O3/c1-24-15-7-12(2-3-19-15)21-14(8-13(20-21)16(22)23)9-4-10(17)6-11(18)5-9/h2-8H,1H3,(H,22,23). The molecule has 1 aromatic carbocycles. The van der Waals surface area contributed by atoms with Crippen LogP contribution in [-0.4, -0.2) is 33.0 Å². The Hall–Kier alpha value is -2.93. The SMILES string of the molecule is COc1cc(-n2nc(C(=O)O)cc2-c2cc(F)cc(Cl)c2)ccn1. The molecule has 122 valence electrons. The molecule has 0 aliphatic carbocycles. The van der Waals surface area contributed by atoms with Crippen LogP contribution in [0.25, 0.3) is 16.9 Å². The van der Waals surface area contributed by atoms with Gasteiger partial charge in [0.25, 0.3) is 0 Å². The second kappa shape index (κ2) is 6.29. The zero-order valence-electron chi connectivity index (χ0n) is 12.4. The maximum Gasteiger partial charge on any atom is 0.356 e. The van der Waals surface area contributed by atoms with Gasteiger partial charge in [0, 0.05) is 22.8 Å². The topological polar surface area (TPSA) is 77.2 Å². The Morgan fingerprint density at radius 3 is 2.75 bits per heavy atom. The molecule has 3 aromatic rings. The number of halogens is 2. The minimum Gasteiger partial charge on any atom is -0.481 e. The van der Waals surface area contributed by atoms with Gasteiger partial charge in [0.15, 0.2) is 5.69 Å². The van der Waals surface area contributed by atoms with E-state index < -0.39 is 11.8 Å². The number of hydrogen-bond acceptors (Lipinski definition) is 4. The van der Waals surface area contributed by atoms with E-state index in [0.717, 1.165) is 0 Å². The summed E-state index contributed by atoms with van der Waals surface area (Å²) in [5.41, 5.74) is 1.11. The van der Waals surface area contributed by atoms with Gasteiger partial charge in [-0.2, -0.15) is 5.10 Å². The van der Waals surface area contributed by atoms with Crippen LogP contribution in [0.3, 0.4) is 0 Å². The van der Waals surface area contributed by atoms with Crippen molar-refractivity contribution in [3.8, 4) is 22.8 Å². The Bertz CT molecular complexity index is 906. The highest BCUT2D eigenvalue weighted by Crippen LogP contribution is 2.28. The summed E-state index contributed by atoms with van der Waals surface area (Å²) in [6.45, 7) is 0. The summed E-state index contributed by atoms with van der Waals surface area (Å²) < 4.78 is 20.1. The van der Waals surface area contributed by atoms with Gasteiger partial charge in [-0.1, -0.05) is 11.6 Å². The van der Waals surface area contributed by atoms with Crippen LogP contribution in [0.1, 0.15) is 10.5 Å². The van der Waals surface area contributed by atoms with Crippen LogP contribution < -0.4 is 4.74 Å². The largest absolute Gasteiger partial charge is 0.481 e. The number of carboxylic acids is 1. The highest BCUT2D eigenvalue weighted by molar-refractivity contribution is 6.30. The van der Waals surface area contributed by atoms with E-state index in [-0.39, 0.29) is 10.7 Å². The van der Waals surface area contributed by atoms with Gasteiger partial charge in [-0.25, -0.2) is 18.9 Å². The Morgan fingerprint density at radius 1 is 1.29 bits per heavy atom. The fourth-order valence-corrected chi connectivity index (χ4v) is 2.45. The van der Waals surface area contributed by atoms with Gasteiger partial charge >= 0.3 is 5.97 Å². The van der Waals surface area contributed by atoms with E-state index >= 15 is 0 Å². The summed E-state index contributed by atoms with van der Waals surface area (Å²) >= 11 is 5.90. The van der Waals surface area contributed by atoms with E-state index in [9.17, 15) is 14.3 Å². The van der Waals surface area contributed by atoms with Gasteiger partial charge in [0.1, 0.15) is 5.82 Å². The van der Waals surface area contributed by atoms with Crippen molar-refractivity contribution in [2.75, 3.05) is 7.11 Å². The third kappa shape index (κ3) is 3.07. The van der Waals surface area contributed by atoms with Crippen molar-refractivity contribution in [1.82, 2.24) is 14.8 Å². The van der Waals surface area contributed by atoms with Crippen molar-refractivity contribution < 1.29 is 19.0 Å². The lowest BCUT2D eigenvalue weighted by Gasteiger charge is -2.09. The first-order valence-electron chi connectivity index (χ1n) is 6.78. The molecule has 0 bridgehead atoms. The number of aromatic carboxylic acids is 1. The number of rotatable bonds is 4. The molecule has 0 unspecified atom stereocenters. The van der Waals surface area contributed by atoms with Gasteiger partial charge in [0.05, 0.1) is 18.5 Å². The van der Waals surface area contributed by atoms with Crippen LogP contribution in [0.15, 0.2) is 42.6 Å². The zero-order valence-corrected chi connectivity index (χ0v) is 13.2. The van der Waals surface area contributed by atoms with Crippen molar-refractivity contribution in [3.05, 3.63) is 59.1 Å². The summed E-state index contributed by atoms with van der Waals surface area (Å²) in [4.78, 5) is 15.3. The van der Waals surface area contributed by atoms with E-state index in [0.29, 0.717) is 22.8 Å². The minimum absolute atomic E-state index is 0.179. The van der Waals surface area contributed by atoms with Gasteiger partial charge < -0.3 is 9.84 Å². The van der Waals surface area contributed by atoms with Crippen molar-refractivity contribution in [3.63, 3.8) is 0 Å². The first kappa shape index (κ1) is 15.9. The smallest absolute Gasteiger partial charge is 0.356 e. The average molecular weight is 348 g/mol. The second-order valence-electron chi connectivity index (χ2n) is 4.85. The van der Waals surface area contributed by atoms with Gasteiger partial charge in [0.2, 0.25) is 5.88 Å².